The predicted octanol–water partition coefficient (Wildman–Crippen LogP) is 2.39. The molecule has 118 valence electrons. The summed E-state index contributed by atoms with van der Waals surface area (Å²) in [5.74, 6) is 0.553. The molecule has 0 fully saturated rings. The Labute approximate surface area is 126 Å². The molecule has 0 heterocycles. The molecule has 0 saturated heterocycles. The number of nitrogens with zero attached hydrogens (tertiary/aromatic N) is 2. The summed E-state index contributed by atoms with van der Waals surface area (Å²) in [7, 11) is 1.93. The summed E-state index contributed by atoms with van der Waals surface area (Å²) in [4.78, 5) is 15.7. The number of halogens is 1. The van der Waals surface area contributed by atoms with Gasteiger partial charge in [0.15, 0.2) is 0 Å². The maximum absolute atomic E-state index is 12.7. The van der Waals surface area contributed by atoms with Gasteiger partial charge in [-0.2, -0.15) is 0 Å². The van der Waals surface area contributed by atoms with E-state index >= 15 is 0 Å². The Morgan fingerprint density at radius 3 is 2.38 bits per heavy atom. The van der Waals surface area contributed by atoms with Gasteiger partial charge in [0.2, 0.25) is 5.91 Å². The van der Waals surface area contributed by atoms with Gasteiger partial charge >= 0.3 is 0 Å². The van der Waals surface area contributed by atoms with Crippen molar-refractivity contribution >= 4 is 5.91 Å². The molecule has 0 N–H and O–H groups in total. The molecule has 0 aliphatic heterocycles. The van der Waals surface area contributed by atoms with Crippen LogP contribution in [-0.4, -0.2) is 55.5 Å². The Bertz CT molecular complexity index is 419. The third kappa shape index (κ3) is 6.58. The topological polar surface area (TPSA) is 32.8 Å². The van der Waals surface area contributed by atoms with Crippen molar-refractivity contribution in [2.24, 2.45) is 0 Å². The summed E-state index contributed by atoms with van der Waals surface area (Å²) in [6, 6.07) is 5.99. The van der Waals surface area contributed by atoms with Gasteiger partial charge in [0, 0.05) is 19.6 Å². The van der Waals surface area contributed by atoms with E-state index < -0.39 is 0 Å². The van der Waals surface area contributed by atoms with Crippen molar-refractivity contribution in [3.8, 4) is 5.75 Å². The Morgan fingerprint density at radius 1 is 1.19 bits per heavy atom. The number of benzene rings is 1. The molecule has 1 aromatic carbocycles. The summed E-state index contributed by atoms with van der Waals surface area (Å²) >= 11 is 0. The number of hydrogen-bond donors (Lipinski definition) is 0. The zero-order chi connectivity index (χ0) is 15.7. The summed E-state index contributed by atoms with van der Waals surface area (Å²) in [6.45, 7) is 7.23. The second kappa shape index (κ2) is 9.34. The molecule has 0 saturated carbocycles. The summed E-state index contributed by atoms with van der Waals surface area (Å²) in [5, 5.41) is 0. The highest BCUT2D eigenvalue weighted by Crippen LogP contribution is 2.11. The molecule has 1 rings (SSSR count). The first-order chi connectivity index (χ1) is 10.1. The molecular weight excluding hydrogens is 271 g/mol. The van der Waals surface area contributed by atoms with Crippen LogP contribution in [0.1, 0.15) is 20.3 Å². The minimum absolute atomic E-state index is 0.155. The molecule has 1 amide bonds. The van der Waals surface area contributed by atoms with E-state index in [4.69, 9.17) is 4.74 Å². The van der Waals surface area contributed by atoms with Crippen LogP contribution < -0.4 is 4.74 Å². The molecule has 4 nitrogen and oxygen atoms in total. The molecule has 21 heavy (non-hydrogen) atoms. The van der Waals surface area contributed by atoms with E-state index in [0.29, 0.717) is 18.9 Å². The largest absolute Gasteiger partial charge is 0.494 e. The third-order valence-corrected chi connectivity index (χ3v) is 3.29. The molecule has 0 aromatic heterocycles. The van der Waals surface area contributed by atoms with Gasteiger partial charge in [-0.1, -0.05) is 0 Å². The van der Waals surface area contributed by atoms with E-state index in [1.165, 1.54) is 12.1 Å². The molecule has 1 aromatic rings. The van der Waals surface area contributed by atoms with Crippen LogP contribution in [0.15, 0.2) is 24.3 Å². The highest BCUT2D eigenvalue weighted by molar-refractivity contribution is 5.78. The van der Waals surface area contributed by atoms with E-state index in [1.54, 1.807) is 12.1 Å². The van der Waals surface area contributed by atoms with E-state index in [1.807, 2.05) is 30.7 Å². The van der Waals surface area contributed by atoms with Crippen molar-refractivity contribution in [1.82, 2.24) is 9.80 Å². The smallest absolute Gasteiger partial charge is 0.236 e. The molecule has 0 bridgehead atoms. The van der Waals surface area contributed by atoms with Crippen LogP contribution in [0.5, 0.6) is 5.75 Å². The fourth-order valence-corrected chi connectivity index (χ4v) is 2.04. The number of hydrogen-bond acceptors (Lipinski definition) is 3. The van der Waals surface area contributed by atoms with Gasteiger partial charge < -0.3 is 9.64 Å². The quantitative estimate of drug-likeness (QED) is 0.656. The number of amides is 1. The van der Waals surface area contributed by atoms with Gasteiger partial charge in [-0.25, -0.2) is 4.39 Å². The molecular formula is C16H25FN2O2. The fourth-order valence-electron chi connectivity index (χ4n) is 2.04. The fraction of sp³-hybridized carbons (Fsp3) is 0.562. The lowest BCUT2D eigenvalue weighted by atomic mass is 10.3. The standard InChI is InChI=1S/C16H25FN2O2/c1-4-19(5-2)16(20)13-18(3)11-6-12-21-15-9-7-14(17)8-10-15/h7-10H,4-6,11-13H2,1-3H3. The second-order valence-electron chi connectivity index (χ2n) is 4.96. The van der Waals surface area contributed by atoms with Crippen molar-refractivity contribution in [2.75, 3.05) is 39.8 Å². The van der Waals surface area contributed by atoms with E-state index in [0.717, 1.165) is 26.1 Å². The van der Waals surface area contributed by atoms with Gasteiger partial charge in [-0.15, -0.1) is 0 Å². The Morgan fingerprint density at radius 2 is 1.81 bits per heavy atom. The number of likely N-dealkylation sites (N-methyl/N-ethyl adjacent to an activating group) is 2. The van der Waals surface area contributed by atoms with Crippen LogP contribution in [0, 0.1) is 5.82 Å². The first kappa shape index (κ1) is 17.4. The van der Waals surface area contributed by atoms with Crippen LogP contribution >= 0.6 is 0 Å². The molecule has 5 heteroatoms. The van der Waals surface area contributed by atoms with Crippen LogP contribution in [0.25, 0.3) is 0 Å². The average Bonchev–Trinajstić information content (AvgIpc) is 2.46. The molecule has 0 unspecified atom stereocenters. The van der Waals surface area contributed by atoms with Gasteiger partial charge in [0.05, 0.1) is 13.2 Å². The van der Waals surface area contributed by atoms with Crippen molar-refractivity contribution in [3.05, 3.63) is 30.1 Å². The molecule has 0 aliphatic carbocycles. The third-order valence-electron chi connectivity index (χ3n) is 3.29. The Kier molecular flexibility index (Phi) is 7.75. The first-order valence-electron chi connectivity index (χ1n) is 7.41. The van der Waals surface area contributed by atoms with E-state index in [9.17, 15) is 9.18 Å². The maximum Gasteiger partial charge on any atom is 0.236 e. The summed E-state index contributed by atoms with van der Waals surface area (Å²) < 4.78 is 18.2. The summed E-state index contributed by atoms with van der Waals surface area (Å²) in [6.07, 6.45) is 0.819. The molecule has 0 aliphatic rings. The number of rotatable bonds is 9. The zero-order valence-electron chi connectivity index (χ0n) is 13.1. The minimum atomic E-state index is -0.267. The maximum atomic E-state index is 12.7. The number of carbonyl (C=O) groups is 1. The van der Waals surface area contributed by atoms with Gasteiger partial charge in [0.1, 0.15) is 11.6 Å². The SMILES string of the molecule is CCN(CC)C(=O)CN(C)CCCOc1ccc(F)cc1. The minimum Gasteiger partial charge on any atom is -0.494 e. The predicted molar refractivity (Wildman–Crippen MR) is 81.9 cm³/mol. The highest BCUT2D eigenvalue weighted by atomic mass is 19.1. The highest BCUT2D eigenvalue weighted by Gasteiger charge is 2.11. The van der Waals surface area contributed by atoms with Crippen LogP contribution in [0.4, 0.5) is 4.39 Å². The molecule has 0 radical (unpaired) electrons. The van der Waals surface area contributed by atoms with Gasteiger partial charge in [-0.05, 0) is 51.6 Å². The lowest BCUT2D eigenvalue weighted by Gasteiger charge is -2.23. The van der Waals surface area contributed by atoms with Crippen molar-refractivity contribution in [3.63, 3.8) is 0 Å². The number of carbonyl (C=O) groups excluding carboxylic acids is 1. The Balaban J connectivity index is 2.20. The van der Waals surface area contributed by atoms with Crippen molar-refractivity contribution in [2.45, 2.75) is 20.3 Å². The van der Waals surface area contributed by atoms with E-state index in [-0.39, 0.29) is 11.7 Å². The Hall–Kier alpha value is -1.62. The van der Waals surface area contributed by atoms with Crippen LogP contribution in [0.2, 0.25) is 0 Å². The van der Waals surface area contributed by atoms with E-state index in [2.05, 4.69) is 0 Å². The van der Waals surface area contributed by atoms with Gasteiger partial charge in [-0.3, -0.25) is 9.69 Å². The van der Waals surface area contributed by atoms with Crippen molar-refractivity contribution in [1.29, 1.82) is 0 Å². The van der Waals surface area contributed by atoms with Crippen LogP contribution in [0.3, 0.4) is 0 Å². The normalized spacial score (nSPS) is 10.7. The van der Waals surface area contributed by atoms with Crippen LogP contribution in [-0.2, 0) is 4.79 Å². The number of ether oxygens (including phenoxy) is 1. The average molecular weight is 296 g/mol. The molecule has 0 atom stereocenters. The van der Waals surface area contributed by atoms with Gasteiger partial charge in [0.25, 0.3) is 0 Å². The molecule has 0 spiro atoms. The van der Waals surface area contributed by atoms with Crippen molar-refractivity contribution < 1.29 is 13.9 Å². The summed E-state index contributed by atoms with van der Waals surface area (Å²) in [5.41, 5.74) is 0. The lowest BCUT2D eigenvalue weighted by Crippen LogP contribution is -2.39. The second-order valence-corrected chi connectivity index (χ2v) is 4.96. The zero-order valence-corrected chi connectivity index (χ0v) is 13.1. The first-order valence-corrected chi connectivity index (χ1v) is 7.41. The lowest BCUT2D eigenvalue weighted by molar-refractivity contribution is -0.131. The monoisotopic (exact) mass is 296 g/mol.